The molecule has 2 heteroatoms. The third kappa shape index (κ3) is 1.95. The van der Waals surface area contributed by atoms with Gasteiger partial charge in [0, 0.05) is 0 Å². The van der Waals surface area contributed by atoms with Crippen LogP contribution in [0.4, 0.5) is 0 Å². The molecule has 3 atom stereocenters. The number of aliphatic hydroxyl groups excluding tert-OH is 1. The molecule has 0 aromatic rings. The number of aliphatic hydroxyl groups is 1. The zero-order valence-corrected chi connectivity index (χ0v) is 6.00. The zero-order chi connectivity index (χ0) is 6.85. The van der Waals surface area contributed by atoms with E-state index in [-0.39, 0.29) is 18.3 Å². The van der Waals surface area contributed by atoms with Crippen molar-refractivity contribution < 1.29 is 9.84 Å². The van der Waals surface area contributed by atoms with Crippen molar-refractivity contribution in [2.24, 2.45) is 0 Å². The molecule has 1 saturated heterocycles. The molecule has 1 N–H and O–H groups in total. The van der Waals surface area contributed by atoms with Crippen molar-refractivity contribution in [2.75, 3.05) is 0 Å². The summed E-state index contributed by atoms with van der Waals surface area (Å²) in [6.07, 6.45) is 1.94. The Kier molecular flexibility index (Phi) is 2.09. The maximum atomic E-state index is 9.17. The average Bonchev–Trinajstić information content (AvgIpc) is 1.59. The van der Waals surface area contributed by atoms with Gasteiger partial charge in [0.1, 0.15) is 0 Å². The van der Waals surface area contributed by atoms with Crippen LogP contribution < -0.4 is 0 Å². The predicted molar refractivity (Wildman–Crippen MR) is 35.2 cm³/mol. The van der Waals surface area contributed by atoms with Crippen molar-refractivity contribution in [2.45, 2.75) is 45.0 Å². The van der Waals surface area contributed by atoms with Crippen molar-refractivity contribution in [3.63, 3.8) is 0 Å². The van der Waals surface area contributed by atoms with Gasteiger partial charge in [-0.3, -0.25) is 0 Å². The molecule has 0 amide bonds. The predicted octanol–water partition coefficient (Wildman–Crippen LogP) is 0.935. The first kappa shape index (κ1) is 7.03. The van der Waals surface area contributed by atoms with Crippen molar-refractivity contribution in [1.82, 2.24) is 0 Å². The van der Waals surface area contributed by atoms with Gasteiger partial charge in [-0.25, -0.2) is 0 Å². The highest BCUT2D eigenvalue weighted by Gasteiger charge is 2.21. The van der Waals surface area contributed by atoms with Crippen LogP contribution in [0, 0.1) is 0 Å². The van der Waals surface area contributed by atoms with E-state index in [9.17, 15) is 5.11 Å². The van der Waals surface area contributed by atoms with Crippen LogP contribution in [0.2, 0.25) is 0 Å². The molecule has 0 bridgehead atoms. The lowest BCUT2D eigenvalue weighted by molar-refractivity contribution is -0.0791. The minimum Gasteiger partial charge on any atom is -0.393 e. The Hall–Kier alpha value is -0.0800. The number of rotatable bonds is 0. The molecule has 0 saturated carbocycles. The Bertz CT molecular complexity index is 67.9. The lowest BCUT2D eigenvalue weighted by Gasteiger charge is -2.28. The van der Waals surface area contributed by atoms with Gasteiger partial charge in [0.25, 0.3) is 0 Å². The van der Waals surface area contributed by atoms with Crippen LogP contribution in [0.1, 0.15) is 26.7 Å². The van der Waals surface area contributed by atoms with Crippen molar-refractivity contribution >= 4 is 0 Å². The lowest BCUT2D eigenvalue weighted by atomic mass is 10.0. The van der Waals surface area contributed by atoms with Crippen LogP contribution in [-0.2, 0) is 4.74 Å². The summed E-state index contributed by atoms with van der Waals surface area (Å²) in [4.78, 5) is 0. The standard InChI is InChI=1S/C7H14O2/c1-5-3-7(8)4-6(2)9-5/h5-8H,3-4H2,1-2H3/t5-,6+,7-. The second-order valence-electron chi connectivity index (χ2n) is 2.88. The van der Waals surface area contributed by atoms with E-state index >= 15 is 0 Å². The topological polar surface area (TPSA) is 29.5 Å². The van der Waals surface area contributed by atoms with Gasteiger partial charge in [-0.2, -0.15) is 0 Å². The highest BCUT2D eigenvalue weighted by molar-refractivity contribution is 4.71. The number of ether oxygens (including phenoxy) is 1. The normalized spacial score (nSPS) is 45.0. The molecular weight excluding hydrogens is 116 g/mol. The maximum Gasteiger partial charge on any atom is 0.0589 e. The highest BCUT2D eigenvalue weighted by Crippen LogP contribution is 2.18. The summed E-state index contributed by atoms with van der Waals surface area (Å²) in [6, 6.07) is 0. The van der Waals surface area contributed by atoms with Gasteiger partial charge in [0.15, 0.2) is 0 Å². The molecule has 1 fully saturated rings. The first-order chi connectivity index (χ1) is 4.18. The van der Waals surface area contributed by atoms with E-state index in [0.717, 1.165) is 12.8 Å². The third-order valence-electron chi connectivity index (χ3n) is 1.67. The fourth-order valence-corrected chi connectivity index (χ4v) is 1.37. The molecule has 1 aliphatic rings. The molecule has 2 nitrogen and oxygen atoms in total. The monoisotopic (exact) mass is 130 g/mol. The van der Waals surface area contributed by atoms with E-state index in [1.165, 1.54) is 0 Å². The average molecular weight is 130 g/mol. The van der Waals surface area contributed by atoms with Gasteiger partial charge in [0.2, 0.25) is 0 Å². The molecule has 0 aromatic heterocycles. The molecule has 9 heavy (non-hydrogen) atoms. The highest BCUT2D eigenvalue weighted by atomic mass is 16.5. The molecule has 0 unspecified atom stereocenters. The van der Waals surface area contributed by atoms with Crippen LogP contribution in [0.15, 0.2) is 0 Å². The van der Waals surface area contributed by atoms with Crippen LogP contribution in [0.25, 0.3) is 0 Å². The molecule has 0 radical (unpaired) electrons. The Balaban J connectivity index is 2.34. The fourth-order valence-electron chi connectivity index (χ4n) is 1.37. The molecule has 0 aromatic carbocycles. The molecule has 54 valence electrons. The van der Waals surface area contributed by atoms with Gasteiger partial charge >= 0.3 is 0 Å². The van der Waals surface area contributed by atoms with Gasteiger partial charge in [-0.05, 0) is 26.7 Å². The largest absolute Gasteiger partial charge is 0.393 e. The van der Waals surface area contributed by atoms with E-state index in [2.05, 4.69) is 0 Å². The Labute approximate surface area is 55.8 Å². The van der Waals surface area contributed by atoms with E-state index in [0.29, 0.717) is 0 Å². The molecule has 0 aliphatic carbocycles. The summed E-state index contributed by atoms with van der Waals surface area (Å²) >= 11 is 0. The van der Waals surface area contributed by atoms with E-state index < -0.39 is 0 Å². The second kappa shape index (κ2) is 2.67. The fraction of sp³-hybridized carbons (Fsp3) is 1.00. The summed E-state index contributed by atoms with van der Waals surface area (Å²) in [5.41, 5.74) is 0. The van der Waals surface area contributed by atoms with E-state index in [1.807, 2.05) is 13.8 Å². The molecule has 1 heterocycles. The number of hydrogen-bond acceptors (Lipinski definition) is 2. The van der Waals surface area contributed by atoms with Crippen LogP contribution in [0.5, 0.6) is 0 Å². The minimum absolute atomic E-state index is 0.135. The first-order valence-electron chi connectivity index (χ1n) is 3.52. The molecule has 0 spiro atoms. The Morgan fingerprint density at radius 2 is 1.67 bits per heavy atom. The SMILES string of the molecule is C[C@@H]1C[C@@H](O)C[C@H](C)O1. The molecule has 1 aliphatic heterocycles. The van der Waals surface area contributed by atoms with E-state index in [4.69, 9.17) is 4.74 Å². The number of hydrogen-bond donors (Lipinski definition) is 1. The van der Waals surface area contributed by atoms with Gasteiger partial charge in [-0.15, -0.1) is 0 Å². The summed E-state index contributed by atoms with van der Waals surface area (Å²) in [7, 11) is 0. The van der Waals surface area contributed by atoms with Crippen LogP contribution in [-0.4, -0.2) is 23.4 Å². The Morgan fingerprint density at radius 3 is 2.00 bits per heavy atom. The van der Waals surface area contributed by atoms with Crippen LogP contribution >= 0.6 is 0 Å². The second-order valence-corrected chi connectivity index (χ2v) is 2.88. The van der Waals surface area contributed by atoms with E-state index in [1.54, 1.807) is 0 Å². The van der Waals surface area contributed by atoms with Crippen molar-refractivity contribution in [3.8, 4) is 0 Å². The van der Waals surface area contributed by atoms with Gasteiger partial charge in [0.05, 0.1) is 18.3 Å². The summed E-state index contributed by atoms with van der Waals surface area (Å²) in [6.45, 7) is 4.00. The van der Waals surface area contributed by atoms with Gasteiger partial charge in [-0.1, -0.05) is 0 Å². The first-order valence-corrected chi connectivity index (χ1v) is 3.52. The third-order valence-corrected chi connectivity index (χ3v) is 1.67. The summed E-state index contributed by atoms with van der Waals surface area (Å²) < 4.78 is 5.40. The van der Waals surface area contributed by atoms with Crippen LogP contribution in [0.3, 0.4) is 0 Å². The minimum atomic E-state index is -0.135. The van der Waals surface area contributed by atoms with Crippen molar-refractivity contribution in [1.29, 1.82) is 0 Å². The summed E-state index contributed by atoms with van der Waals surface area (Å²) in [5, 5.41) is 9.17. The van der Waals surface area contributed by atoms with Gasteiger partial charge < -0.3 is 9.84 Å². The maximum absolute atomic E-state index is 9.17. The lowest BCUT2D eigenvalue weighted by Crippen LogP contribution is -2.32. The zero-order valence-electron chi connectivity index (χ0n) is 6.00. The molecule has 1 rings (SSSR count). The molecular formula is C7H14O2. The smallest absolute Gasteiger partial charge is 0.0589 e. The summed E-state index contributed by atoms with van der Waals surface area (Å²) in [5.74, 6) is 0. The Morgan fingerprint density at radius 1 is 1.22 bits per heavy atom. The quantitative estimate of drug-likeness (QED) is 0.528. The van der Waals surface area contributed by atoms with Crippen molar-refractivity contribution in [3.05, 3.63) is 0 Å².